The van der Waals surface area contributed by atoms with Crippen molar-refractivity contribution < 1.29 is 4.79 Å². The van der Waals surface area contributed by atoms with Gasteiger partial charge in [-0.25, -0.2) is 0 Å². The molecule has 0 saturated heterocycles. The van der Waals surface area contributed by atoms with Crippen LogP contribution in [0.15, 0.2) is 0 Å². The van der Waals surface area contributed by atoms with Crippen LogP contribution in [0.5, 0.6) is 0 Å². The first kappa shape index (κ1) is 8.53. The standard InChI is InChI=1S/C8H16N2O/c1-5(2)6-3-8(6,10)4-7(9)11/h5-6H,3-4,10H2,1-2H3,(H2,9,11). The molecule has 1 aliphatic carbocycles. The molecule has 1 aliphatic rings. The third-order valence-electron chi connectivity index (χ3n) is 2.49. The molecule has 2 atom stereocenters. The van der Waals surface area contributed by atoms with Crippen molar-refractivity contribution in [1.82, 2.24) is 0 Å². The molecular formula is C8H16N2O. The molecule has 1 rings (SSSR count). The lowest BCUT2D eigenvalue weighted by Gasteiger charge is -2.10. The average molecular weight is 156 g/mol. The van der Waals surface area contributed by atoms with Crippen LogP contribution in [0.2, 0.25) is 0 Å². The summed E-state index contributed by atoms with van der Waals surface area (Å²) >= 11 is 0. The first-order chi connectivity index (χ1) is 4.96. The highest BCUT2D eigenvalue weighted by molar-refractivity contribution is 5.75. The Hall–Kier alpha value is -0.570. The van der Waals surface area contributed by atoms with Crippen molar-refractivity contribution in [3.05, 3.63) is 0 Å². The van der Waals surface area contributed by atoms with E-state index < -0.39 is 0 Å². The van der Waals surface area contributed by atoms with Gasteiger partial charge in [0, 0.05) is 12.0 Å². The highest BCUT2D eigenvalue weighted by Crippen LogP contribution is 2.48. The van der Waals surface area contributed by atoms with Crippen molar-refractivity contribution >= 4 is 5.91 Å². The Kier molecular flexibility index (Phi) is 1.92. The van der Waals surface area contributed by atoms with Gasteiger partial charge in [0.05, 0.1) is 0 Å². The normalized spacial score (nSPS) is 35.8. The largest absolute Gasteiger partial charge is 0.370 e. The third-order valence-corrected chi connectivity index (χ3v) is 2.49. The van der Waals surface area contributed by atoms with Gasteiger partial charge in [-0.1, -0.05) is 13.8 Å². The molecule has 0 bridgehead atoms. The van der Waals surface area contributed by atoms with Crippen LogP contribution in [0, 0.1) is 11.8 Å². The van der Waals surface area contributed by atoms with E-state index in [9.17, 15) is 4.79 Å². The van der Waals surface area contributed by atoms with Crippen molar-refractivity contribution in [2.75, 3.05) is 0 Å². The van der Waals surface area contributed by atoms with Gasteiger partial charge in [-0.15, -0.1) is 0 Å². The fraction of sp³-hybridized carbons (Fsp3) is 0.875. The van der Waals surface area contributed by atoms with Gasteiger partial charge < -0.3 is 11.5 Å². The quantitative estimate of drug-likeness (QED) is 0.614. The Morgan fingerprint density at radius 2 is 2.27 bits per heavy atom. The predicted molar refractivity (Wildman–Crippen MR) is 43.7 cm³/mol. The zero-order valence-corrected chi connectivity index (χ0v) is 7.13. The molecule has 1 amide bonds. The summed E-state index contributed by atoms with van der Waals surface area (Å²) in [5.41, 5.74) is 10.7. The SMILES string of the molecule is CC(C)C1CC1(N)CC(N)=O. The maximum absolute atomic E-state index is 10.6. The van der Waals surface area contributed by atoms with E-state index >= 15 is 0 Å². The second-order valence-corrected chi connectivity index (χ2v) is 3.93. The Morgan fingerprint density at radius 1 is 1.73 bits per heavy atom. The van der Waals surface area contributed by atoms with Crippen LogP contribution in [0.25, 0.3) is 0 Å². The van der Waals surface area contributed by atoms with Crippen molar-refractivity contribution in [3.8, 4) is 0 Å². The zero-order chi connectivity index (χ0) is 8.65. The molecule has 11 heavy (non-hydrogen) atoms. The Balaban J connectivity index is 2.42. The van der Waals surface area contributed by atoms with Gasteiger partial charge in [0.1, 0.15) is 0 Å². The second-order valence-electron chi connectivity index (χ2n) is 3.93. The monoisotopic (exact) mass is 156 g/mol. The Labute approximate surface area is 67.1 Å². The predicted octanol–water partition coefficient (Wildman–Crippen LogP) is 0.235. The summed E-state index contributed by atoms with van der Waals surface area (Å²) in [4.78, 5) is 10.6. The molecule has 0 aliphatic heterocycles. The number of carbonyl (C=O) groups excluding carboxylic acids is 1. The second kappa shape index (κ2) is 2.48. The summed E-state index contributed by atoms with van der Waals surface area (Å²) in [6.45, 7) is 4.25. The van der Waals surface area contributed by atoms with Gasteiger partial charge in [0.15, 0.2) is 0 Å². The fourth-order valence-electron chi connectivity index (χ4n) is 1.78. The lowest BCUT2D eigenvalue weighted by molar-refractivity contribution is -0.118. The number of primary amides is 1. The maximum atomic E-state index is 10.6. The van der Waals surface area contributed by atoms with Gasteiger partial charge in [0.2, 0.25) is 5.91 Å². The summed E-state index contributed by atoms with van der Waals surface area (Å²) in [7, 11) is 0. The molecule has 64 valence electrons. The van der Waals surface area contributed by atoms with Crippen molar-refractivity contribution in [3.63, 3.8) is 0 Å². The molecule has 4 N–H and O–H groups in total. The minimum atomic E-state index is -0.282. The highest BCUT2D eigenvalue weighted by Gasteiger charge is 2.52. The molecule has 2 unspecified atom stereocenters. The molecule has 3 heteroatoms. The minimum Gasteiger partial charge on any atom is -0.370 e. The topological polar surface area (TPSA) is 69.1 Å². The molecular weight excluding hydrogens is 140 g/mol. The number of rotatable bonds is 3. The number of carbonyl (C=O) groups is 1. The van der Waals surface area contributed by atoms with E-state index in [1.807, 2.05) is 0 Å². The van der Waals surface area contributed by atoms with Crippen molar-refractivity contribution in [1.29, 1.82) is 0 Å². The van der Waals surface area contributed by atoms with Crippen molar-refractivity contribution in [2.24, 2.45) is 23.3 Å². The first-order valence-corrected chi connectivity index (χ1v) is 4.03. The van der Waals surface area contributed by atoms with Gasteiger partial charge in [-0.3, -0.25) is 4.79 Å². The number of hydrogen-bond acceptors (Lipinski definition) is 2. The Morgan fingerprint density at radius 3 is 2.55 bits per heavy atom. The minimum absolute atomic E-state index is 0.264. The zero-order valence-electron chi connectivity index (χ0n) is 7.13. The first-order valence-electron chi connectivity index (χ1n) is 4.03. The molecule has 0 spiro atoms. The van der Waals surface area contributed by atoms with Gasteiger partial charge in [0.25, 0.3) is 0 Å². The molecule has 3 nitrogen and oxygen atoms in total. The van der Waals surface area contributed by atoms with E-state index in [-0.39, 0.29) is 11.4 Å². The maximum Gasteiger partial charge on any atom is 0.219 e. The molecule has 0 aromatic rings. The molecule has 0 aromatic heterocycles. The highest BCUT2D eigenvalue weighted by atomic mass is 16.1. The number of hydrogen-bond donors (Lipinski definition) is 2. The van der Waals surface area contributed by atoms with Crippen LogP contribution in [0.4, 0.5) is 0 Å². The summed E-state index contributed by atoms with van der Waals surface area (Å²) in [6, 6.07) is 0. The average Bonchev–Trinajstić information content (AvgIpc) is 2.39. The number of amides is 1. The smallest absolute Gasteiger partial charge is 0.219 e. The van der Waals surface area contributed by atoms with Crippen LogP contribution in [0.1, 0.15) is 26.7 Å². The summed E-state index contributed by atoms with van der Waals surface area (Å²) < 4.78 is 0. The van der Waals surface area contributed by atoms with Gasteiger partial charge >= 0.3 is 0 Å². The molecule has 1 fully saturated rings. The Bertz CT molecular complexity index is 179. The van der Waals surface area contributed by atoms with E-state index in [1.165, 1.54) is 0 Å². The lowest BCUT2D eigenvalue weighted by Crippen LogP contribution is -2.32. The van der Waals surface area contributed by atoms with Crippen LogP contribution < -0.4 is 11.5 Å². The van der Waals surface area contributed by atoms with Crippen molar-refractivity contribution in [2.45, 2.75) is 32.2 Å². The molecule has 0 aromatic carbocycles. The summed E-state index contributed by atoms with van der Waals surface area (Å²) in [5.74, 6) is 0.782. The third kappa shape index (κ3) is 1.71. The summed E-state index contributed by atoms with van der Waals surface area (Å²) in [5, 5.41) is 0. The van der Waals surface area contributed by atoms with E-state index in [2.05, 4.69) is 13.8 Å². The van der Waals surface area contributed by atoms with Crippen LogP contribution in [-0.4, -0.2) is 11.4 Å². The molecule has 1 saturated carbocycles. The van der Waals surface area contributed by atoms with E-state index in [0.717, 1.165) is 6.42 Å². The summed E-state index contributed by atoms with van der Waals surface area (Å²) in [6.07, 6.45) is 1.30. The van der Waals surface area contributed by atoms with Crippen LogP contribution >= 0.6 is 0 Å². The van der Waals surface area contributed by atoms with Crippen LogP contribution in [-0.2, 0) is 4.79 Å². The lowest BCUT2D eigenvalue weighted by atomic mass is 10.0. The molecule has 0 radical (unpaired) electrons. The molecule has 0 heterocycles. The van der Waals surface area contributed by atoms with E-state index in [4.69, 9.17) is 11.5 Å². The van der Waals surface area contributed by atoms with Crippen LogP contribution in [0.3, 0.4) is 0 Å². The van der Waals surface area contributed by atoms with E-state index in [0.29, 0.717) is 18.3 Å². The fourth-order valence-corrected chi connectivity index (χ4v) is 1.78. The number of nitrogens with two attached hydrogens (primary N) is 2. The van der Waals surface area contributed by atoms with E-state index in [1.54, 1.807) is 0 Å². The van der Waals surface area contributed by atoms with Gasteiger partial charge in [-0.2, -0.15) is 0 Å². The van der Waals surface area contributed by atoms with Gasteiger partial charge in [-0.05, 0) is 18.3 Å².